The molecule has 120 valence electrons. The average Bonchev–Trinajstić information content (AvgIpc) is 2.76. The van der Waals surface area contributed by atoms with Crippen molar-refractivity contribution in [3.8, 4) is 0 Å². The van der Waals surface area contributed by atoms with E-state index in [9.17, 15) is 4.39 Å². The molecule has 0 aromatic carbocycles. The molecule has 2 aliphatic rings. The van der Waals surface area contributed by atoms with Gasteiger partial charge in [-0.25, -0.2) is 4.39 Å². The number of halogens is 2. The summed E-state index contributed by atoms with van der Waals surface area (Å²) in [4.78, 5) is 1.20. The Labute approximate surface area is 146 Å². The quantitative estimate of drug-likeness (QED) is 0.484. The number of rotatable bonds is 2. The zero-order valence-electron chi connectivity index (χ0n) is 13.7. The lowest BCUT2D eigenvalue weighted by Crippen LogP contribution is -2.03. The van der Waals surface area contributed by atoms with Gasteiger partial charge in [0.25, 0.3) is 0 Å². The lowest BCUT2D eigenvalue weighted by molar-refractivity contribution is 0.663. The molecule has 0 N–H and O–H groups in total. The van der Waals surface area contributed by atoms with Crippen molar-refractivity contribution in [1.82, 2.24) is 0 Å². The molecule has 22 heavy (non-hydrogen) atoms. The molecule has 0 saturated heterocycles. The van der Waals surface area contributed by atoms with Gasteiger partial charge in [-0.05, 0) is 36.6 Å². The first-order chi connectivity index (χ1) is 10.5. The van der Waals surface area contributed by atoms with E-state index in [1.165, 1.54) is 21.6 Å². The standard InChI is InChI=1S/C17H18BrFS.C2H6/c1-4-5-16-11(2)15-9-8-14(19)7-6-13(15)10-20-17(16)12(3)18;1-2/h4-5,7-9,11H,3,6,10H2,1-2H3;1-2H3/b5-4-;. The van der Waals surface area contributed by atoms with Gasteiger partial charge in [0.15, 0.2) is 0 Å². The predicted octanol–water partition coefficient (Wildman–Crippen LogP) is 7.24. The smallest absolute Gasteiger partial charge is 0.119 e. The lowest BCUT2D eigenvalue weighted by Gasteiger charge is -2.17. The molecule has 0 aromatic heterocycles. The van der Waals surface area contributed by atoms with Crippen LogP contribution in [0.15, 0.2) is 68.9 Å². The second kappa shape index (κ2) is 9.36. The van der Waals surface area contributed by atoms with Gasteiger partial charge in [-0.3, -0.25) is 0 Å². The molecule has 1 aliphatic carbocycles. The van der Waals surface area contributed by atoms with E-state index < -0.39 is 0 Å². The van der Waals surface area contributed by atoms with Crippen LogP contribution in [0.25, 0.3) is 0 Å². The van der Waals surface area contributed by atoms with Crippen molar-refractivity contribution in [3.63, 3.8) is 0 Å². The largest absolute Gasteiger partial charge is 0.207 e. The van der Waals surface area contributed by atoms with E-state index in [0.29, 0.717) is 6.42 Å². The fourth-order valence-corrected chi connectivity index (χ4v) is 4.27. The minimum Gasteiger partial charge on any atom is -0.207 e. The highest BCUT2D eigenvalue weighted by Crippen LogP contribution is 2.43. The lowest BCUT2D eigenvalue weighted by atomic mass is 9.88. The SMILES string of the molecule is C=C(Br)C1=C(/C=C\C)C(C)C2=C(CC=C(F)C=C2)CS1.CC. The Morgan fingerprint density at radius 1 is 1.41 bits per heavy atom. The van der Waals surface area contributed by atoms with Gasteiger partial charge in [0.2, 0.25) is 0 Å². The highest BCUT2D eigenvalue weighted by molar-refractivity contribution is 9.12. The summed E-state index contributed by atoms with van der Waals surface area (Å²) in [6.45, 7) is 12.2. The first-order valence-corrected chi connectivity index (χ1v) is 9.42. The van der Waals surface area contributed by atoms with E-state index in [2.05, 4.69) is 35.5 Å². The molecule has 0 radical (unpaired) electrons. The van der Waals surface area contributed by atoms with Crippen molar-refractivity contribution in [2.24, 2.45) is 5.92 Å². The van der Waals surface area contributed by atoms with Crippen LogP contribution in [0.1, 0.15) is 34.1 Å². The Morgan fingerprint density at radius 3 is 2.68 bits per heavy atom. The Hall–Kier alpha value is -0.800. The van der Waals surface area contributed by atoms with Crippen molar-refractivity contribution in [2.75, 3.05) is 5.75 Å². The van der Waals surface area contributed by atoms with Crippen molar-refractivity contribution in [2.45, 2.75) is 34.1 Å². The molecule has 0 amide bonds. The molecule has 1 aliphatic heterocycles. The van der Waals surface area contributed by atoms with E-state index in [4.69, 9.17) is 0 Å². The first-order valence-electron chi connectivity index (χ1n) is 7.64. The van der Waals surface area contributed by atoms with Gasteiger partial charge in [0, 0.05) is 21.1 Å². The van der Waals surface area contributed by atoms with E-state index in [0.717, 1.165) is 10.2 Å². The minimum absolute atomic E-state index is 0.142. The molecule has 0 fully saturated rings. The summed E-state index contributed by atoms with van der Waals surface area (Å²) < 4.78 is 14.4. The Bertz CT molecular complexity index is 576. The number of thioether (sulfide) groups is 1. The van der Waals surface area contributed by atoms with E-state index in [1.54, 1.807) is 23.9 Å². The van der Waals surface area contributed by atoms with Crippen LogP contribution >= 0.6 is 27.7 Å². The van der Waals surface area contributed by atoms with Crippen LogP contribution < -0.4 is 0 Å². The third-order valence-electron chi connectivity index (χ3n) is 3.55. The van der Waals surface area contributed by atoms with E-state index in [1.807, 2.05) is 32.9 Å². The number of hydrogen-bond donors (Lipinski definition) is 0. The summed E-state index contributed by atoms with van der Waals surface area (Å²) in [6, 6.07) is 0. The number of allylic oxidation sites excluding steroid dienone is 9. The zero-order chi connectivity index (χ0) is 16.7. The molecule has 2 rings (SSSR count). The average molecular weight is 383 g/mol. The van der Waals surface area contributed by atoms with Crippen LogP contribution in [0, 0.1) is 5.92 Å². The van der Waals surface area contributed by atoms with Gasteiger partial charge >= 0.3 is 0 Å². The Morgan fingerprint density at radius 2 is 2.09 bits per heavy atom. The van der Waals surface area contributed by atoms with Crippen molar-refractivity contribution in [3.05, 3.63) is 68.9 Å². The molecule has 3 heteroatoms. The van der Waals surface area contributed by atoms with Gasteiger partial charge < -0.3 is 0 Å². The van der Waals surface area contributed by atoms with Gasteiger partial charge in [-0.1, -0.05) is 67.1 Å². The van der Waals surface area contributed by atoms with E-state index >= 15 is 0 Å². The van der Waals surface area contributed by atoms with Crippen LogP contribution in [0.4, 0.5) is 4.39 Å². The topological polar surface area (TPSA) is 0 Å². The van der Waals surface area contributed by atoms with Gasteiger partial charge in [0.05, 0.1) is 0 Å². The van der Waals surface area contributed by atoms with Crippen molar-refractivity contribution >= 4 is 27.7 Å². The Kier molecular flexibility index (Phi) is 8.19. The summed E-state index contributed by atoms with van der Waals surface area (Å²) in [5, 5.41) is 0. The third-order valence-corrected chi connectivity index (χ3v) is 5.47. The highest BCUT2D eigenvalue weighted by atomic mass is 79.9. The molecule has 0 spiro atoms. The normalized spacial score (nSPS) is 21.7. The maximum Gasteiger partial charge on any atom is 0.119 e. The molecule has 0 bridgehead atoms. The van der Waals surface area contributed by atoms with Crippen LogP contribution in [-0.2, 0) is 0 Å². The molecule has 1 unspecified atom stereocenters. The summed E-state index contributed by atoms with van der Waals surface area (Å²) in [5.41, 5.74) is 3.78. The number of hydrogen-bond acceptors (Lipinski definition) is 1. The van der Waals surface area contributed by atoms with Gasteiger partial charge in [0.1, 0.15) is 5.83 Å². The molecular weight excluding hydrogens is 359 g/mol. The highest BCUT2D eigenvalue weighted by Gasteiger charge is 2.23. The maximum atomic E-state index is 13.5. The summed E-state index contributed by atoms with van der Waals surface area (Å²) >= 11 is 5.30. The first kappa shape index (κ1) is 19.2. The molecule has 0 nitrogen and oxygen atoms in total. The van der Waals surface area contributed by atoms with Crippen LogP contribution in [0.5, 0.6) is 0 Å². The Balaban J connectivity index is 0.00000116. The van der Waals surface area contributed by atoms with Gasteiger partial charge in [-0.2, -0.15) is 0 Å². The molecule has 1 heterocycles. The molecule has 0 saturated carbocycles. The van der Waals surface area contributed by atoms with Crippen LogP contribution in [-0.4, -0.2) is 5.75 Å². The minimum atomic E-state index is -0.142. The zero-order valence-corrected chi connectivity index (χ0v) is 16.2. The van der Waals surface area contributed by atoms with Gasteiger partial charge in [-0.15, -0.1) is 11.8 Å². The van der Waals surface area contributed by atoms with Crippen LogP contribution in [0.3, 0.4) is 0 Å². The second-order valence-electron chi connectivity index (χ2n) is 4.89. The van der Waals surface area contributed by atoms with Crippen molar-refractivity contribution < 1.29 is 4.39 Å². The summed E-state index contributed by atoms with van der Waals surface area (Å²) in [5.74, 6) is 0.988. The van der Waals surface area contributed by atoms with Crippen LogP contribution in [0.2, 0.25) is 0 Å². The maximum absolute atomic E-state index is 13.5. The predicted molar refractivity (Wildman–Crippen MR) is 103 cm³/mol. The fourth-order valence-electron chi connectivity index (χ4n) is 2.53. The monoisotopic (exact) mass is 382 g/mol. The third kappa shape index (κ3) is 4.60. The summed E-state index contributed by atoms with van der Waals surface area (Å²) in [7, 11) is 0. The fraction of sp³-hybridized carbons (Fsp3) is 0.368. The second-order valence-corrected chi connectivity index (χ2v) is 6.83. The molecule has 0 aromatic rings. The van der Waals surface area contributed by atoms with E-state index in [-0.39, 0.29) is 11.7 Å². The summed E-state index contributed by atoms with van der Waals surface area (Å²) in [6.07, 6.45) is 10.0. The van der Waals surface area contributed by atoms with Crippen molar-refractivity contribution in [1.29, 1.82) is 0 Å². The molecule has 1 atom stereocenters. The molecular formula is C19H24BrFS.